The molecule has 0 aliphatic heterocycles. The van der Waals surface area contributed by atoms with Crippen LogP contribution in [-0.4, -0.2) is 20.6 Å². The summed E-state index contributed by atoms with van der Waals surface area (Å²) in [6.45, 7) is 0.606. The van der Waals surface area contributed by atoms with Gasteiger partial charge < -0.3 is 9.67 Å². The number of nitrogens with zero attached hydrogens (tertiary/aromatic N) is 2. The molecule has 1 N–H and O–H groups in total. The van der Waals surface area contributed by atoms with Gasteiger partial charge in [0.15, 0.2) is 0 Å². The summed E-state index contributed by atoms with van der Waals surface area (Å²) in [6, 6.07) is 7.59. The molecule has 0 saturated heterocycles. The number of carboxylic acids is 1. The van der Waals surface area contributed by atoms with Crippen molar-refractivity contribution < 1.29 is 9.90 Å². The summed E-state index contributed by atoms with van der Waals surface area (Å²) in [5.74, 6) is -0.0559. The molecule has 2 rings (SSSR count). The van der Waals surface area contributed by atoms with Crippen molar-refractivity contribution in [1.82, 2.24) is 9.55 Å². The Bertz CT molecular complexity index is 551. The number of carbonyl (C=O) groups is 1. The molecule has 1 heterocycles. The van der Waals surface area contributed by atoms with Crippen molar-refractivity contribution in [3.05, 3.63) is 53.1 Å². The monoisotopic (exact) mass is 264 g/mol. The Morgan fingerprint density at radius 2 is 2.17 bits per heavy atom. The predicted molar refractivity (Wildman–Crippen MR) is 68.7 cm³/mol. The van der Waals surface area contributed by atoms with Crippen LogP contribution in [-0.2, 0) is 17.8 Å². The summed E-state index contributed by atoms with van der Waals surface area (Å²) in [6.07, 6.45) is 4.01. The number of hydrogen-bond donors (Lipinski definition) is 1. The van der Waals surface area contributed by atoms with Gasteiger partial charge in [0.05, 0.1) is 13.0 Å². The zero-order valence-electron chi connectivity index (χ0n) is 9.71. The lowest BCUT2D eigenvalue weighted by Crippen LogP contribution is -2.07. The third-order valence-electron chi connectivity index (χ3n) is 2.66. The maximum absolute atomic E-state index is 10.6. The molecule has 0 atom stereocenters. The van der Waals surface area contributed by atoms with Gasteiger partial charge in [-0.1, -0.05) is 29.8 Å². The van der Waals surface area contributed by atoms with Gasteiger partial charge in [-0.3, -0.25) is 4.79 Å². The van der Waals surface area contributed by atoms with E-state index in [9.17, 15) is 4.79 Å². The van der Waals surface area contributed by atoms with Gasteiger partial charge in [0.25, 0.3) is 0 Å². The number of aryl methyl sites for hydroxylation is 1. The van der Waals surface area contributed by atoms with Gasteiger partial charge in [0, 0.05) is 23.8 Å². The summed E-state index contributed by atoms with van der Waals surface area (Å²) in [4.78, 5) is 14.7. The minimum absolute atomic E-state index is 0.0829. The van der Waals surface area contributed by atoms with Crippen molar-refractivity contribution in [2.75, 3.05) is 0 Å². The summed E-state index contributed by atoms with van der Waals surface area (Å²) >= 11 is 6.09. The number of halogens is 1. The molecule has 18 heavy (non-hydrogen) atoms. The molecular weight excluding hydrogens is 252 g/mol. The van der Waals surface area contributed by atoms with E-state index in [0.29, 0.717) is 18.0 Å². The van der Waals surface area contributed by atoms with Crippen LogP contribution in [0.3, 0.4) is 0 Å². The van der Waals surface area contributed by atoms with Crippen molar-refractivity contribution in [3.8, 4) is 0 Å². The first-order chi connectivity index (χ1) is 8.66. The van der Waals surface area contributed by atoms with Crippen LogP contribution in [0.5, 0.6) is 0 Å². The Morgan fingerprint density at radius 3 is 2.89 bits per heavy atom. The highest BCUT2D eigenvalue weighted by molar-refractivity contribution is 6.31. The first-order valence-electron chi connectivity index (χ1n) is 5.62. The highest BCUT2D eigenvalue weighted by Gasteiger charge is 2.07. The van der Waals surface area contributed by atoms with Crippen LogP contribution in [0.25, 0.3) is 0 Å². The molecule has 2 aromatic rings. The molecule has 0 saturated carbocycles. The summed E-state index contributed by atoms with van der Waals surface area (Å²) in [5, 5.41) is 9.38. The van der Waals surface area contributed by atoms with Crippen LogP contribution in [0.1, 0.15) is 17.8 Å². The van der Waals surface area contributed by atoms with Crippen molar-refractivity contribution in [2.45, 2.75) is 19.4 Å². The Balaban J connectivity index is 2.12. The second-order valence-corrected chi connectivity index (χ2v) is 4.36. The Hall–Kier alpha value is -1.81. The number of rotatable bonds is 5. The molecule has 0 spiro atoms. The number of imidazole rings is 1. The van der Waals surface area contributed by atoms with E-state index >= 15 is 0 Å². The molecule has 1 aromatic carbocycles. The third-order valence-corrected chi connectivity index (χ3v) is 3.03. The van der Waals surface area contributed by atoms with E-state index in [1.807, 2.05) is 35.0 Å². The maximum Gasteiger partial charge on any atom is 0.303 e. The lowest BCUT2D eigenvalue weighted by atomic mass is 10.2. The fourth-order valence-electron chi connectivity index (χ4n) is 1.74. The quantitative estimate of drug-likeness (QED) is 0.903. The minimum Gasteiger partial charge on any atom is -0.481 e. The number of benzene rings is 1. The zero-order valence-corrected chi connectivity index (χ0v) is 10.5. The van der Waals surface area contributed by atoms with E-state index in [1.165, 1.54) is 0 Å². The number of aromatic nitrogens is 2. The molecular formula is C13H13ClN2O2. The average Bonchev–Trinajstić information content (AvgIpc) is 2.77. The topological polar surface area (TPSA) is 55.1 Å². The van der Waals surface area contributed by atoms with Crippen molar-refractivity contribution in [3.63, 3.8) is 0 Å². The molecule has 4 nitrogen and oxygen atoms in total. The maximum atomic E-state index is 10.6. The van der Waals surface area contributed by atoms with Crippen LogP contribution in [0.15, 0.2) is 36.7 Å². The average molecular weight is 265 g/mol. The fourth-order valence-corrected chi connectivity index (χ4v) is 1.94. The van der Waals surface area contributed by atoms with Gasteiger partial charge in [-0.2, -0.15) is 0 Å². The van der Waals surface area contributed by atoms with E-state index in [1.54, 1.807) is 6.20 Å². The summed E-state index contributed by atoms with van der Waals surface area (Å²) in [5.41, 5.74) is 0.994. The van der Waals surface area contributed by atoms with Gasteiger partial charge in [0.1, 0.15) is 5.82 Å². The van der Waals surface area contributed by atoms with Crippen LogP contribution in [0.4, 0.5) is 0 Å². The minimum atomic E-state index is -0.817. The number of aliphatic carboxylic acids is 1. The molecule has 0 aliphatic rings. The van der Waals surface area contributed by atoms with Crippen LogP contribution >= 0.6 is 11.6 Å². The molecule has 0 aliphatic carbocycles. The van der Waals surface area contributed by atoms with E-state index in [-0.39, 0.29) is 6.42 Å². The van der Waals surface area contributed by atoms with Crippen LogP contribution < -0.4 is 0 Å². The van der Waals surface area contributed by atoms with Gasteiger partial charge in [0.2, 0.25) is 0 Å². The van der Waals surface area contributed by atoms with Gasteiger partial charge in [-0.25, -0.2) is 4.98 Å². The van der Waals surface area contributed by atoms with Crippen LogP contribution in [0.2, 0.25) is 5.02 Å². The highest BCUT2D eigenvalue weighted by atomic mass is 35.5. The fraction of sp³-hybridized carbons (Fsp3) is 0.231. The lowest BCUT2D eigenvalue weighted by Gasteiger charge is -2.08. The first-order valence-corrected chi connectivity index (χ1v) is 6.00. The molecule has 1 aromatic heterocycles. The molecule has 0 radical (unpaired) electrons. The van der Waals surface area contributed by atoms with Crippen LogP contribution in [0, 0.1) is 0 Å². The van der Waals surface area contributed by atoms with E-state index in [0.717, 1.165) is 11.4 Å². The zero-order chi connectivity index (χ0) is 13.0. The highest BCUT2D eigenvalue weighted by Crippen LogP contribution is 2.17. The Kier molecular flexibility index (Phi) is 3.99. The van der Waals surface area contributed by atoms with E-state index in [4.69, 9.17) is 16.7 Å². The largest absolute Gasteiger partial charge is 0.481 e. The molecule has 0 bridgehead atoms. The van der Waals surface area contributed by atoms with Gasteiger partial charge >= 0.3 is 5.97 Å². The second kappa shape index (κ2) is 5.69. The van der Waals surface area contributed by atoms with Crippen molar-refractivity contribution in [2.24, 2.45) is 0 Å². The van der Waals surface area contributed by atoms with Crippen molar-refractivity contribution in [1.29, 1.82) is 0 Å². The third kappa shape index (κ3) is 3.11. The van der Waals surface area contributed by atoms with E-state index < -0.39 is 5.97 Å². The standard InChI is InChI=1S/C13H13ClN2O2/c14-11-4-2-1-3-10(11)9-16-8-7-15-12(16)5-6-13(17)18/h1-4,7-8H,5-6,9H2,(H,17,18). The Labute approximate surface area is 110 Å². The molecule has 0 fully saturated rings. The lowest BCUT2D eigenvalue weighted by molar-refractivity contribution is -0.137. The summed E-state index contributed by atoms with van der Waals surface area (Å²) < 4.78 is 1.92. The smallest absolute Gasteiger partial charge is 0.303 e. The molecule has 0 amide bonds. The number of carboxylic acid groups (broad SMARTS) is 1. The molecule has 94 valence electrons. The SMILES string of the molecule is O=C(O)CCc1nccn1Cc1ccccc1Cl. The van der Waals surface area contributed by atoms with Gasteiger partial charge in [-0.15, -0.1) is 0 Å². The van der Waals surface area contributed by atoms with Crippen molar-refractivity contribution >= 4 is 17.6 Å². The second-order valence-electron chi connectivity index (χ2n) is 3.96. The predicted octanol–water partition coefficient (Wildman–Crippen LogP) is 2.60. The molecule has 5 heteroatoms. The normalized spacial score (nSPS) is 10.5. The molecule has 0 unspecified atom stereocenters. The Morgan fingerprint density at radius 1 is 1.39 bits per heavy atom. The van der Waals surface area contributed by atoms with Gasteiger partial charge in [-0.05, 0) is 11.6 Å². The van der Waals surface area contributed by atoms with E-state index in [2.05, 4.69) is 4.98 Å². The summed E-state index contributed by atoms with van der Waals surface area (Å²) in [7, 11) is 0. The number of hydrogen-bond acceptors (Lipinski definition) is 2. The first kappa shape index (κ1) is 12.6.